The maximum absolute atomic E-state index is 13.4. The maximum Gasteiger partial charge on any atom is 0.255 e. The summed E-state index contributed by atoms with van der Waals surface area (Å²) in [6, 6.07) is 8.40. The molecule has 29 heavy (non-hydrogen) atoms. The Kier molecular flexibility index (Phi) is 6.90. The van der Waals surface area contributed by atoms with E-state index < -0.39 is 11.6 Å². The number of carbonyl (C=O) groups is 1. The monoisotopic (exact) mass is 437 g/mol. The SMILES string of the molecule is CC1CCC(C(C)(C)Sc2cc(C(=O)Nc3ccc(F)c(F)c3)ccc2Cl)CC1. The molecule has 0 bridgehead atoms. The number of carbonyl (C=O) groups excluding carboxylic acids is 1. The van der Waals surface area contributed by atoms with Crippen LogP contribution in [0.1, 0.15) is 56.8 Å². The second-order valence-electron chi connectivity index (χ2n) is 8.39. The van der Waals surface area contributed by atoms with Crippen LogP contribution in [0.5, 0.6) is 0 Å². The molecular weight excluding hydrogens is 412 g/mol. The Hall–Kier alpha value is -1.59. The van der Waals surface area contributed by atoms with Crippen molar-refractivity contribution in [2.24, 2.45) is 11.8 Å². The van der Waals surface area contributed by atoms with Crippen LogP contribution in [0.4, 0.5) is 14.5 Å². The zero-order valence-electron chi connectivity index (χ0n) is 16.9. The Morgan fingerprint density at radius 1 is 1.07 bits per heavy atom. The summed E-state index contributed by atoms with van der Waals surface area (Å²) in [4.78, 5) is 13.5. The van der Waals surface area contributed by atoms with Crippen LogP contribution in [-0.4, -0.2) is 10.7 Å². The predicted octanol–water partition coefficient (Wildman–Crippen LogP) is 7.57. The average molecular weight is 438 g/mol. The van der Waals surface area contributed by atoms with Gasteiger partial charge in [-0.3, -0.25) is 4.79 Å². The minimum atomic E-state index is -1.00. The summed E-state index contributed by atoms with van der Waals surface area (Å²) < 4.78 is 26.5. The molecule has 0 aliphatic heterocycles. The van der Waals surface area contributed by atoms with E-state index in [1.807, 2.05) is 0 Å². The van der Waals surface area contributed by atoms with Gasteiger partial charge in [0.2, 0.25) is 0 Å². The molecular formula is C23H26ClF2NOS. The lowest BCUT2D eigenvalue weighted by molar-refractivity contribution is 0.102. The molecule has 1 N–H and O–H groups in total. The minimum absolute atomic E-state index is 0.00103. The van der Waals surface area contributed by atoms with Crippen molar-refractivity contribution in [2.75, 3.05) is 5.32 Å². The van der Waals surface area contributed by atoms with E-state index in [0.717, 1.165) is 22.9 Å². The number of benzene rings is 2. The molecule has 1 saturated carbocycles. The highest BCUT2D eigenvalue weighted by molar-refractivity contribution is 8.00. The summed E-state index contributed by atoms with van der Waals surface area (Å²) in [6.07, 6.45) is 4.91. The zero-order chi connectivity index (χ0) is 21.2. The van der Waals surface area contributed by atoms with Crippen molar-refractivity contribution < 1.29 is 13.6 Å². The minimum Gasteiger partial charge on any atom is -0.322 e. The fraction of sp³-hybridized carbons (Fsp3) is 0.435. The third-order valence-electron chi connectivity index (χ3n) is 5.74. The molecule has 2 aromatic rings. The molecule has 6 heteroatoms. The standard InChI is InChI=1S/C23H26ClF2NOS/c1-14-4-7-16(8-5-14)23(2,3)29-21-12-15(6-10-18(21)24)22(28)27-17-9-11-19(25)20(26)13-17/h6,9-14,16H,4-5,7-8H2,1-3H3,(H,27,28). The predicted molar refractivity (Wildman–Crippen MR) is 117 cm³/mol. The van der Waals surface area contributed by atoms with Crippen LogP contribution >= 0.6 is 23.4 Å². The number of nitrogens with one attached hydrogen (secondary N) is 1. The molecule has 2 nitrogen and oxygen atoms in total. The van der Waals surface area contributed by atoms with E-state index in [-0.39, 0.29) is 16.3 Å². The molecule has 0 saturated heterocycles. The summed E-state index contributed by atoms with van der Waals surface area (Å²) in [7, 11) is 0. The van der Waals surface area contributed by atoms with Gasteiger partial charge in [0.1, 0.15) is 0 Å². The summed E-state index contributed by atoms with van der Waals surface area (Å²) in [5, 5.41) is 3.21. The van der Waals surface area contributed by atoms with Crippen molar-refractivity contribution in [3.63, 3.8) is 0 Å². The highest BCUT2D eigenvalue weighted by Crippen LogP contribution is 2.47. The zero-order valence-corrected chi connectivity index (χ0v) is 18.5. The molecule has 0 heterocycles. The Morgan fingerprint density at radius 2 is 1.76 bits per heavy atom. The molecule has 156 valence electrons. The Labute approximate surface area is 180 Å². The third kappa shape index (κ3) is 5.52. The van der Waals surface area contributed by atoms with Crippen LogP contribution in [0.15, 0.2) is 41.3 Å². The number of hydrogen-bond acceptors (Lipinski definition) is 2. The average Bonchev–Trinajstić information content (AvgIpc) is 2.66. The largest absolute Gasteiger partial charge is 0.322 e. The van der Waals surface area contributed by atoms with Crippen molar-refractivity contribution in [3.8, 4) is 0 Å². The van der Waals surface area contributed by atoms with Gasteiger partial charge < -0.3 is 5.32 Å². The number of anilines is 1. The van der Waals surface area contributed by atoms with Gasteiger partial charge in [-0.2, -0.15) is 0 Å². The number of halogens is 3. The van der Waals surface area contributed by atoms with Crippen LogP contribution in [0.25, 0.3) is 0 Å². The first-order chi connectivity index (χ1) is 13.7. The summed E-state index contributed by atoms with van der Waals surface area (Å²) in [6.45, 7) is 6.79. The molecule has 2 aromatic carbocycles. The number of amides is 1. The van der Waals surface area contributed by atoms with E-state index in [9.17, 15) is 13.6 Å². The lowest BCUT2D eigenvalue weighted by Gasteiger charge is -2.38. The van der Waals surface area contributed by atoms with Crippen molar-refractivity contribution >= 4 is 35.0 Å². The molecule has 3 rings (SSSR count). The molecule has 0 aromatic heterocycles. The number of thioether (sulfide) groups is 1. The van der Waals surface area contributed by atoms with Gasteiger partial charge in [-0.15, -0.1) is 11.8 Å². The summed E-state index contributed by atoms with van der Waals surface area (Å²) in [5.41, 5.74) is 0.629. The lowest BCUT2D eigenvalue weighted by atomic mass is 9.77. The molecule has 1 fully saturated rings. The van der Waals surface area contributed by atoms with E-state index in [0.29, 0.717) is 16.5 Å². The smallest absolute Gasteiger partial charge is 0.255 e. The number of rotatable bonds is 5. The van der Waals surface area contributed by atoms with Crippen molar-refractivity contribution in [1.82, 2.24) is 0 Å². The first-order valence-electron chi connectivity index (χ1n) is 9.90. The topological polar surface area (TPSA) is 29.1 Å². The third-order valence-corrected chi connectivity index (χ3v) is 7.60. The van der Waals surface area contributed by atoms with Crippen molar-refractivity contribution in [1.29, 1.82) is 0 Å². The van der Waals surface area contributed by atoms with Crippen LogP contribution in [-0.2, 0) is 0 Å². The number of hydrogen-bond donors (Lipinski definition) is 1. The highest BCUT2D eigenvalue weighted by Gasteiger charge is 2.33. The molecule has 1 aliphatic carbocycles. The fourth-order valence-electron chi connectivity index (χ4n) is 3.82. The second-order valence-corrected chi connectivity index (χ2v) is 10.5. The first kappa shape index (κ1) is 22.1. The molecule has 0 unspecified atom stereocenters. The van der Waals surface area contributed by atoms with Gasteiger partial charge in [0.05, 0.1) is 5.02 Å². The van der Waals surface area contributed by atoms with Gasteiger partial charge >= 0.3 is 0 Å². The Morgan fingerprint density at radius 3 is 2.41 bits per heavy atom. The van der Waals surface area contributed by atoms with Crippen molar-refractivity contribution in [2.45, 2.75) is 56.1 Å². The first-order valence-corrected chi connectivity index (χ1v) is 11.1. The van der Waals surface area contributed by atoms with Crippen LogP contribution in [0.2, 0.25) is 5.02 Å². The highest BCUT2D eigenvalue weighted by atomic mass is 35.5. The summed E-state index contributed by atoms with van der Waals surface area (Å²) >= 11 is 8.12. The van der Waals surface area contributed by atoms with Crippen LogP contribution < -0.4 is 5.32 Å². The van der Waals surface area contributed by atoms with E-state index in [1.54, 1.807) is 30.0 Å². The molecule has 1 aliphatic rings. The van der Waals surface area contributed by atoms with Gasteiger partial charge in [-0.1, -0.05) is 45.2 Å². The lowest BCUT2D eigenvalue weighted by Crippen LogP contribution is -2.31. The van der Waals surface area contributed by atoms with Gasteiger partial charge in [-0.25, -0.2) is 8.78 Å². The normalized spacial score (nSPS) is 19.8. The van der Waals surface area contributed by atoms with Crippen molar-refractivity contribution in [3.05, 3.63) is 58.6 Å². The maximum atomic E-state index is 13.4. The van der Waals surface area contributed by atoms with E-state index in [4.69, 9.17) is 11.6 Å². The molecule has 0 spiro atoms. The van der Waals surface area contributed by atoms with Gasteiger partial charge in [0, 0.05) is 27.0 Å². The quantitative estimate of drug-likeness (QED) is 0.488. The van der Waals surface area contributed by atoms with E-state index in [2.05, 4.69) is 26.1 Å². The fourth-order valence-corrected chi connectivity index (χ4v) is 5.38. The second kappa shape index (κ2) is 9.05. The summed E-state index contributed by atoms with van der Waals surface area (Å²) in [5.74, 6) is -0.955. The van der Waals surface area contributed by atoms with Gasteiger partial charge in [0.25, 0.3) is 5.91 Å². The van der Waals surface area contributed by atoms with E-state index in [1.165, 1.54) is 31.7 Å². The molecule has 1 amide bonds. The van der Waals surface area contributed by atoms with Crippen LogP contribution in [0, 0.1) is 23.5 Å². The Bertz CT molecular complexity index is 894. The van der Waals surface area contributed by atoms with E-state index >= 15 is 0 Å². The molecule has 0 atom stereocenters. The molecule has 0 radical (unpaired) electrons. The Balaban J connectivity index is 1.75. The van der Waals surface area contributed by atoms with Crippen LogP contribution in [0.3, 0.4) is 0 Å². The van der Waals surface area contributed by atoms with Gasteiger partial charge in [0.15, 0.2) is 11.6 Å². The van der Waals surface area contributed by atoms with Gasteiger partial charge in [-0.05, 0) is 55.0 Å².